The first-order valence-corrected chi connectivity index (χ1v) is 11.2. The smallest absolute Gasteiger partial charge is 0.303 e. The Kier molecular flexibility index (Phi) is 5.90. The van der Waals surface area contributed by atoms with Crippen LogP contribution in [0.2, 0.25) is 0 Å². The van der Waals surface area contributed by atoms with E-state index in [4.69, 9.17) is 4.74 Å². The van der Waals surface area contributed by atoms with Crippen LogP contribution in [-0.4, -0.2) is 56.3 Å². The number of ketones is 2. The number of aliphatic hydroxyl groups excluding tert-OH is 1. The van der Waals surface area contributed by atoms with Gasteiger partial charge in [0.25, 0.3) is 0 Å². The molecule has 0 unspecified atom stereocenters. The van der Waals surface area contributed by atoms with E-state index < -0.39 is 28.6 Å². The molecule has 0 aromatic carbocycles. The fourth-order valence-electron chi connectivity index (χ4n) is 6.85. The number of carbonyl (C=O) groups excluding carboxylic acids is 3. The van der Waals surface area contributed by atoms with Crippen LogP contribution in [0.4, 0.5) is 0 Å². The van der Waals surface area contributed by atoms with Gasteiger partial charge < -0.3 is 24.9 Å². The van der Waals surface area contributed by atoms with Crippen molar-refractivity contribution in [3.05, 3.63) is 23.3 Å². The van der Waals surface area contributed by atoms with Crippen LogP contribution in [0, 0.1) is 29.1 Å². The fourth-order valence-corrected chi connectivity index (χ4v) is 6.85. The third kappa shape index (κ3) is 3.24. The van der Waals surface area contributed by atoms with Crippen molar-refractivity contribution in [2.75, 3.05) is 6.61 Å². The van der Waals surface area contributed by atoms with Gasteiger partial charge >= 0.3 is 5.97 Å². The van der Waals surface area contributed by atoms with Crippen molar-refractivity contribution < 1.29 is 34.4 Å². The van der Waals surface area contributed by atoms with Gasteiger partial charge in [0.15, 0.2) is 5.78 Å². The fraction of sp³-hybridized carbons (Fsp3) is 0.720. The molecule has 0 spiro atoms. The summed E-state index contributed by atoms with van der Waals surface area (Å²) in [7, 11) is 0. The van der Waals surface area contributed by atoms with Gasteiger partial charge in [-0.1, -0.05) is 32.9 Å². The van der Waals surface area contributed by atoms with Crippen LogP contribution >= 0.6 is 0 Å². The highest BCUT2D eigenvalue weighted by molar-refractivity contribution is 6.04. The number of fused-ring (bicyclic) bond motifs is 5. The number of aliphatic hydroxyl groups is 3. The van der Waals surface area contributed by atoms with Crippen LogP contribution in [-0.2, 0) is 19.1 Å². The maximum atomic E-state index is 12.8. The Hall–Kier alpha value is -1.83. The molecule has 3 N–H and O–H groups in total. The summed E-state index contributed by atoms with van der Waals surface area (Å²) in [5.74, 6) is -2.25. The van der Waals surface area contributed by atoms with E-state index in [0.29, 0.717) is 17.6 Å². The predicted molar refractivity (Wildman–Crippen MR) is 117 cm³/mol. The quantitative estimate of drug-likeness (QED) is 0.437. The standard InChI is InChI=1S/C22H30O6.C3H6O/c1-11-6-16-20(26,18(11)25)9-14(10-23)7-15-17-19(4,5)21(17,28-13(3)24)8-12(2)22(15,16)27;1-3(2)4/h6-7,12,15-17,23,26-27H,8-10H2,1-5H3;1-2H3/t12-,15+,16-,17-,20-,21+,22-;/m1./s1. The van der Waals surface area contributed by atoms with Crippen LogP contribution in [0.3, 0.4) is 0 Å². The van der Waals surface area contributed by atoms with Gasteiger partial charge in [0.05, 0.1) is 12.2 Å². The van der Waals surface area contributed by atoms with Crippen LogP contribution in [0.15, 0.2) is 23.3 Å². The average molecular weight is 449 g/mol. The molecular formula is C25H36O7. The van der Waals surface area contributed by atoms with Crippen LogP contribution in [0.5, 0.6) is 0 Å². The van der Waals surface area contributed by atoms with E-state index in [9.17, 15) is 29.7 Å². The van der Waals surface area contributed by atoms with Crippen LogP contribution in [0.25, 0.3) is 0 Å². The highest BCUT2D eigenvalue weighted by Crippen LogP contribution is 2.76. The highest BCUT2D eigenvalue weighted by Gasteiger charge is 2.83. The maximum absolute atomic E-state index is 12.8. The Morgan fingerprint density at radius 3 is 2.22 bits per heavy atom. The zero-order valence-corrected chi connectivity index (χ0v) is 20.1. The molecule has 7 heteroatoms. The third-order valence-corrected chi connectivity index (χ3v) is 8.20. The average Bonchev–Trinajstić information content (AvgIpc) is 3.05. The number of carbonyl (C=O) groups is 3. The molecule has 32 heavy (non-hydrogen) atoms. The minimum absolute atomic E-state index is 0.0000834. The summed E-state index contributed by atoms with van der Waals surface area (Å²) in [6.45, 7) is 11.8. The molecule has 0 aromatic heterocycles. The number of hydrogen-bond acceptors (Lipinski definition) is 7. The van der Waals surface area contributed by atoms with E-state index in [0.717, 1.165) is 0 Å². The molecule has 2 fully saturated rings. The summed E-state index contributed by atoms with van der Waals surface area (Å²) in [4.78, 5) is 34.1. The Labute approximate surface area is 189 Å². The molecule has 4 rings (SSSR count). The van der Waals surface area contributed by atoms with Crippen molar-refractivity contribution in [2.24, 2.45) is 29.1 Å². The predicted octanol–water partition coefficient (Wildman–Crippen LogP) is 2.13. The number of esters is 1. The minimum Gasteiger partial charge on any atom is -0.458 e. The van der Waals surface area contributed by atoms with E-state index >= 15 is 0 Å². The summed E-state index contributed by atoms with van der Waals surface area (Å²) in [5, 5.41) is 33.4. The van der Waals surface area contributed by atoms with Crippen molar-refractivity contribution in [3.63, 3.8) is 0 Å². The van der Waals surface area contributed by atoms with Crippen molar-refractivity contribution in [1.82, 2.24) is 0 Å². The largest absolute Gasteiger partial charge is 0.458 e. The Bertz CT molecular complexity index is 911. The molecule has 0 aliphatic heterocycles. The molecule has 0 amide bonds. The molecule has 4 aliphatic rings. The van der Waals surface area contributed by atoms with Gasteiger partial charge in [-0.15, -0.1) is 0 Å². The summed E-state index contributed by atoms with van der Waals surface area (Å²) < 4.78 is 5.83. The molecular weight excluding hydrogens is 412 g/mol. The summed E-state index contributed by atoms with van der Waals surface area (Å²) in [6.07, 6.45) is 4.00. The number of rotatable bonds is 2. The molecule has 178 valence electrons. The normalized spacial score (nSPS) is 43.2. The topological polar surface area (TPSA) is 121 Å². The van der Waals surface area contributed by atoms with E-state index in [-0.39, 0.29) is 47.8 Å². The van der Waals surface area contributed by atoms with Crippen molar-refractivity contribution in [1.29, 1.82) is 0 Å². The first-order valence-electron chi connectivity index (χ1n) is 11.2. The molecule has 0 radical (unpaired) electrons. The molecule has 2 saturated carbocycles. The van der Waals surface area contributed by atoms with Gasteiger partial charge in [-0.05, 0) is 44.3 Å². The van der Waals surface area contributed by atoms with Crippen LogP contribution in [0.1, 0.15) is 61.3 Å². The number of ether oxygens (including phenoxy) is 1. The van der Waals surface area contributed by atoms with Gasteiger partial charge in [-0.3, -0.25) is 9.59 Å². The SMILES string of the molecule is CC(=O)O[C@@]12C[C@@H](C)[C@@]3(O)[C@@H](C=C(CO)C[C@]4(O)C(=O)C(C)=C[C@@H]34)[C@@H]1C2(C)C.CC(C)=O. The van der Waals surface area contributed by atoms with Gasteiger partial charge in [-0.2, -0.15) is 0 Å². The maximum Gasteiger partial charge on any atom is 0.303 e. The zero-order valence-electron chi connectivity index (χ0n) is 20.1. The molecule has 0 heterocycles. The van der Waals surface area contributed by atoms with E-state index in [1.165, 1.54) is 20.8 Å². The molecule has 0 saturated heterocycles. The van der Waals surface area contributed by atoms with Gasteiger partial charge in [-0.25, -0.2) is 0 Å². The van der Waals surface area contributed by atoms with Crippen molar-refractivity contribution >= 4 is 17.5 Å². The van der Waals surface area contributed by atoms with Gasteiger partial charge in [0.1, 0.15) is 17.0 Å². The lowest BCUT2D eigenvalue weighted by atomic mass is 9.60. The van der Waals surface area contributed by atoms with Crippen LogP contribution < -0.4 is 0 Å². The highest BCUT2D eigenvalue weighted by atomic mass is 16.6. The Morgan fingerprint density at radius 1 is 1.16 bits per heavy atom. The summed E-state index contributed by atoms with van der Waals surface area (Å²) in [6, 6.07) is 0. The summed E-state index contributed by atoms with van der Waals surface area (Å²) >= 11 is 0. The lowest BCUT2D eigenvalue weighted by molar-refractivity contribution is -0.186. The van der Waals surface area contributed by atoms with E-state index in [1.807, 2.05) is 26.8 Å². The van der Waals surface area contributed by atoms with Gasteiger partial charge in [0, 0.05) is 36.5 Å². The second-order valence-electron chi connectivity index (χ2n) is 10.8. The first kappa shape index (κ1) is 24.8. The lowest BCUT2D eigenvalue weighted by Crippen LogP contribution is -2.61. The number of hydrogen-bond donors (Lipinski definition) is 3. The monoisotopic (exact) mass is 448 g/mol. The molecule has 7 nitrogen and oxygen atoms in total. The lowest BCUT2D eigenvalue weighted by Gasteiger charge is -2.50. The second kappa shape index (κ2) is 7.61. The first-order chi connectivity index (χ1) is 14.6. The number of Topliss-reactive ketones (excluding diaryl/α,β-unsaturated/α-hetero) is 2. The minimum atomic E-state index is -1.75. The molecule has 0 aromatic rings. The summed E-state index contributed by atoms with van der Waals surface area (Å²) in [5.41, 5.74) is -3.19. The molecule has 7 atom stereocenters. The third-order valence-electron chi connectivity index (χ3n) is 8.20. The molecule has 4 aliphatic carbocycles. The zero-order chi connectivity index (χ0) is 24.4. The van der Waals surface area contributed by atoms with E-state index in [1.54, 1.807) is 13.0 Å². The van der Waals surface area contributed by atoms with Gasteiger partial charge in [0.2, 0.25) is 0 Å². The molecule has 0 bridgehead atoms. The van der Waals surface area contributed by atoms with E-state index in [2.05, 4.69) is 0 Å². The van der Waals surface area contributed by atoms with Crippen molar-refractivity contribution in [3.8, 4) is 0 Å². The Balaban J connectivity index is 0.000000668. The Morgan fingerprint density at radius 2 is 1.72 bits per heavy atom. The van der Waals surface area contributed by atoms with Crippen molar-refractivity contribution in [2.45, 2.75) is 78.1 Å². The second-order valence-corrected chi connectivity index (χ2v) is 10.8.